The van der Waals surface area contributed by atoms with Gasteiger partial charge in [-0.1, -0.05) is 11.6 Å². The van der Waals surface area contributed by atoms with Crippen LogP contribution in [0.25, 0.3) is 0 Å². The highest BCUT2D eigenvalue weighted by atomic mass is 35.5. The van der Waals surface area contributed by atoms with Crippen LogP contribution >= 0.6 is 11.6 Å². The van der Waals surface area contributed by atoms with Gasteiger partial charge in [0.05, 0.1) is 11.7 Å². The zero-order valence-electron chi connectivity index (χ0n) is 11.2. The number of hydrogen-bond donors (Lipinski definition) is 2. The van der Waals surface area contributed by atoms with Gasteiger partial charge in [0.15, 0.2) is 0 Å². The number of hydrogen-bond acceptors (Lipinski definition) is 3. The monoisotopic (exact) mass is 319 g/mol. The number of nitrogens with one attached hydrogen (secondary N) is 1. The Balaban J connectivity index is 2.08. The summed E-state index contributed by atoms with van der Waals surface area (Å²) < 4.78 is 29.0. The maximum Gasteiger partial charge on any atom is 0.387 e. The molecule has 4 nitrogen and oxygen atoms in total. The third-order valence-electron chi connectivity index (χ3n) is 3.43. The largest absolute Gasteiger partial charge is 0.434 e. The Morgan fingerprint density at radius 2 is 2.00 bits per heavy atom. The van der Waals surface area contributed by atoms with E-state index in [4.69, 9.17) is 11.6 Å². The minimum absolute atomic E-state index is 0.0195. The van der Waals surface area contributed by atoms with Crippen molar-refractivity contribution in [3.05, 3.63) is 28.8 Å². The van der Waals surface area contributed by atoms with Crippen molar-refractivity contribution in [3.8, 4) is 5.75 Å². The van der Waals surface area contributed by atoms with Crippen LogP contribution in [0.1, 0.15) is 36.0 Å². The molecule has 0 saturated heterocycles. The molecule has 0 radical (unpaired) electrons. The summed E-state index contributed by atoms with van der Waals surface area (Å²) in [4.78, 5) is 12.2. The maximum absolute atomic E-state index is 12.4. The number of carbonyl (C=O) groups excluding carboxylic acids is 1. The van der Waals surface area contributed by atoms with Crippen LogP contribution in [0.4, 0.5) is 8.78 Å². The van der Waals surface area contributed by atoms with Gasteiger partial charge in [0.25, 0.3) is 5.91 Å². The fraction of sp³-hybridized carbons (Fsp3) is 0.500. The highest BCUT2D eigenvalue weighted by Gasteiger charge is 2.23. The predicted octanol–water partition coefficient (Wildman–Crippen LogP) is 2.97. The van der Waals surface area contributed by atoms with Crippen LogP contribution in [0, 0.1) is 0 Å². The van der Waals surface area contributed by atoms with E-state index < -0.39 is 12.5 Å². The molecule has 1 aromatic carbocycles. The van der Waals surface area contributed by atoms with Crippen molar-refractivity contribution >= 4 is 17.5 Å². The minimum Gasteiger partial charge on any atom is -0.434 e. The van der Waals surface area contributed by atoms with Crippen molar-refractivity contribution in [2.75, 3.05) is 0 Å². The molecular weight excluding hydrogens is 304 g/mol. The first-order chi connectivity index (χ1) is 9.95. The van der Waals surface area contributed by atoms with Crippen LogP contribution in [-0.2, 0) is 0 Å². The summed E-state index contributed by atoms with van der Waals surface area (Å²) in [6, 6.07) is 3.84. The summed E-state index contributed by atoms with van der Waals surface area (Å²) in [5, 5.41) is 12.5. The van der Waals surface area contributed by atoms with E-state index >= 15 is 0 Å². The van der Waals surface area contributed by atoms with Gasteiger partial charge in [0.2, 0.25) is 0 Å². The summed E-state index contributed by atoms with van der Waals surface area (Å²) in [6.45, 7) is -3.01. The van der Waals surface area contributed by atoms with E-state index in [-0.39, 0.29) is 28.5 Å². The Morgan fingerprint density at radius 1 is 1.33 bits per heavy atom. The molecule has 1 saturated carbocycles. The second-order valence-electron chi connectivity index (χ2n) is 5.00. The number of aliphatic hydroxyl groups is 1. The maximum atomic E-state index is 12.4. The fourth-order valence-electron chi connectivity index (χ4n) is 2.36. The van der Waals surface area contributed by atoms with Gasteiger partial charge < -0.3 is 15.2 Å². The highest BCUT2D eigenvalue weighted by molar-refractivity contribution is 6.31. The normalized spacial score (nSPS) is 22.1. The molecule has 0 bridgehead atoms. The van der Waals surface area contributed by atoms with Gasteiger partial charge in [-0.25, -0.2) is 0 Å². The molecule has 0 atom stereocenters. The molecule has 2 N–H and O–H groups in total. The lowest BCUT2D eigenvalue weighted by atomic mass is 9.93. The third kappa shape index (κ3) is 4.54. The molecule has 116 valence electrons. The quantitative estimate of drug-likeness (QED) is 0.897. The summed E-state index contributed by atoms with van der Waals surface area (Å²) in [5.74, 6) is -0.711. The molecule has 0 aromatic heterocycles. The predicted molar refractivity (Wildman–Crippen MR) is 73.8 cm³/mol. The number of ether oxygens (including phenoxy) is 1. The highest BCUT2D eigenvalue weighted by Crippen LogP contribution is 2.25. The van der Waals surface area contributed by atoms with Crippen molar-refractivity contribution in [2.24, 2.45) is 0 Å². The van der Waals surface area contributed by atoms with Gasteiger partial charge in [-0.3, -0.25) is 4.79 Å². The first kappa shape index (κ1) is 16.0. The summed E-state index contributed by atoms with van der Waals surface area (Å²) in [7, 11) is 0. The number of aliphatic hydroxyl groups excluding tert-OH is 1. The lowest BCUT2D eigenvalue weighted by Crippen LogP contribution is -2.38. The smallest absolute Gasteiger partial charge is 0.387 e. The van der Waals surface area contributed by atoms with Crippen LogP contribution in [-0.4, -0.2) is 29.8 Å². The number of rotatable bonds is 4. The van der Waals surface area contributed by atoms with Gasteiger partial charge in [-0.2, -0.15) is 8.78 Å². The molecule has 0 unspecified atom stereocenters. The van der Waals surface area contributed by atoms with Crippen LogP contribution in [0.15, 0.2) is 18.2 Å². The average molecular weight is 320 g/mol. The van der Waals surface area contributed by atoms with Gasteiger partial charge in [0.1, 0.15) is 5.75 Å². The fourth-order valence-corrected chi connectivity index (χ4v) is 2.53. The van der Waals surface area contributed by atoms with E-state index in [2.05, 4.69) is 10.1 Å². The van der Waals surface area contributed by atoms with Gasteiger partial charge in [-0.05, 0) is 43.9 Å². The molecule has 1 aliphatic rings. The van der Waals surface area contributed by atoms with Crippen molar-refractivity contribution in [1.29, 1.82) is 0 Å². The van der Waals surface area contributed by atoms with Gasteiger partial charge in [0, 0.05) is 11.1 Å². The van der Waals surface area contributed by atoms with E-state index in [0.29, 0.717) is 25.7 Å². The molecule has 2 rings (SSSR count). The molecule has 1 fully saturated rings. The molecule has 1 aliphatic carbocycles. The Labute approximate surface area is 126 Å². The lowest BCUT2D eigenvalue weighted by Gasteiger charge is -2.26. The van der Waals surface area contributed by atoms with E-state index in [1.54, 1.807) is 0 Å². The zero-order valence-corrected chi connectivity index (χ0v) is 11.9. The van der Waals surface area contributed by atoms with Crippen LogP contribution < -0.4 is 10.1 Å². The van der Waals surface area contributed by atoms with Gasteiger partial charge >= 0.3 is 6.61 Å². The molecule has 1 aromatic rings. The molecule has 1 amide bonds. The second-order valence-corrected chi connectivity index (χ2v) is 5.43. The SMILES string of the molecule is O=C(NC1CCC(O)CC1)c1cc(Cl)ccc1OC(F)F. The zero-order chi connectivity index (χ0) is 15.4. The van der Waals surface area contributed by atoms with Crippen LogP contribution in [0.2, 0.25) is 5.02 Å². The van der Waals surface area contributed by atoms with Crippen LogP contribution in [0.5, 0.6) is 5.75 Å². The first-order valence-electron chi connectivity index (χ1n) is 6.69. The number of amides is 1. The topological polar surface area (TPSA) is 58.6 Å². The molecule has 0 aliphatic heterocycles. The van der Waals surface area contributed by atoms with Crippen LogP contribution in [0.3, 0.4) is 0 Å². The Morgan fingerprint density at radius 3 is 2.62 bits per heavy atom. The third-order valence-corrected chi connectivity index (χ3v) is 3.67. The van der Waals surface area contributed by atoms with Crippen molar-refractivity contribution in [2.45, 2.75) is 44.4 Å². The van der Waals surface area contributed by atoms with E-state index in [0.717, 1.165) is 0 Å². The summed E-state index contributed by atoms with van der Waals surface area (Å²) >= 11 is 5.80. The Bertz CT molecular complexity index is 505. The summed E-state index contributed by atoms with van der Waals surface area (Å²) in [5.41, 5.74) is -0.0195. The number of halogens is 3. The van der Waals surface area contributed by atoms with Crippen molar-refractivity contribution < 1.29 is 23.4 Å². The van der Waals surface area contributed by atoms with E-state index in [1.807, 2.05) is 0 Å². The molecule has 7 heteroatoms. The molecule has 21 heavy (non-hydrogen) atoms. The minimum atomic E-state index is -3.01. The number of carbonyl (C=O) groups is 1. The van der Waals surface area contributed by atoms with E-state index in [9.17, 15) is 18.7 Å². The lowest BCUT2D eigenvalue weighted by molar-refractivity contribution is -0.0501. The van der Waals surface area contributed by atoms with Gasteiger partial charge in [-0.15, -0.1) is 0 Å². The molecule has 0 heterocycles. The first-order valence-corrected chi connectivity index (χ1v) is 7.07. The number of alkyl halides is 2. The Hall–Kier alpha value is -1.40. The standard InChI is InChI=1S/C14H16ClF2NO3/c15-8-1-6-12(21-14(16)17)11(7-8)13(20)18-9-2-4-10(19)5-3-9/h1,6-7,9-10,14,19H,2-5H2,(H,18,20). The Kier molecular flexibility index (Phi) is 5.36. The molecule has 0 spiro atoms. The van der Waals surface area contributed by atoms with Crippen molar-refractivity contribution in [3.63, 3.8) is 0 Å². The summed E-state index contributed by atoms with van der Waals surface area (Å²) in [6.07, 6.45) is 2.20. The van der Waals surface area contributed by atoms with E-state index in [1.165, 1.54) is 18.2 Å². The number of benzene rings is 1. The molecular formula is C14H16ClF2NO3. The average Bonchev–Trinajstić information content (AvgIpc) is 2.43. The van der Waals surface area contributed by atoms with Crippen molar-refractivity contribution in [1.82, 2.24) is 5.32 Å². The second kappa shape index (κ2) is 7.04.